The summed E-state index contributed by atoms with van der Waals surface area (Å²) in [5, 5.41) is 3.53. The second-order valence-corrected chi connectivity index (χ2v) is 5.84. The van der Waals surface area contributed by atoms with Crippen molar-refractivity contribution < 1.29 is 0 Å². The van der Waals surface area contributed by atoms with Crippen molar-refractivity contribution in [3.05, 3.63) is 35.4 Å². The Balaban J connectivity index is 2.12. The Bertz CT molecular complexity index is 373. The molecule has 2 rings (SSSR count). The third-order valence-electron chi connectivity index (χ3n) is 3.92. The van der Waals surface area contributed by atoms with Gasteiger partial charge in [-0.15, -0.1) is 0 Å². The molecule has 1 aromatic carbocycles. The molecule has 2 nitrogen and oxygen atoms in total. The molecule has 1 aromatic rings. The van der Waals surface area contributed by atoms with Gasteiger partial charge in [-0.3, -0.25) is 4.90 Å². The van der Waals surface area contributed by atoms with Crippen molar-refractivity contribution in [3.8, 4) is 0 Å². The van der Waals surface area contributed by atoms with Gasteiger partial charge in [-0.2, -0.15) is 0 Å². The smallest absolute Gasteiger partial charge is 0.0360 e. The largest absolute Gasteiger partial charge is 0.313 e. The standard InChI is InChI=1S/C16H26N2/c1-13(2)9-11-18(3)16-8-10-17-12-14-6-4-5-7-15(14)16/h4-7,13,16-17H,8-12H2,1-3H3. The summed E-state index contributed by atoms with van der Waals surface area (Å²) < 4.78 is 0. The van der Waals surface area contributed by atoms with Gasteiger partial charge in [-0.05, 0) is 50.0 Å². The Hall–Kier alpha value is -0.860. The van der Waals surface area contributed by atoms with Gasteiger partial charge in [0, 0.05) is 12.6 Å². The summed E-state index contributed by atoms with van der Waals surface area (Å²) >= 11 is 0. The molecule has 0 saturated carbocycles. The number of benzene rings is 1. The van der Waals surface area contributed by atoms with Crippen molar-refractivity contribution in [2.45, 2.75) is 39.3 Å². The molecule has 1 heterocycles. The van der Waals surface area contributed by atoms with Gasteiger partial charge in [0.25, 0.3) is 0 Å². The van der Waals surface area contributed by atoms with Crippen LogP contribution in [0.15, 0.2) is 24.3 Å². The number of hydrogen-bond donors (Lipinski definition) is 1. The number of hydrogen-bond acceptors (Lipinski definition) is 2. The first kappa shape index (κ1) is 13.6. The van der Waals surface area contributed by atoms with Crippen LogP contribution in [-0.4, -0.2) is 25.0 Å². The second-order valence-electron chi connectivity index (χ2n) is 5.84. The van der Waals surface area contributed by atoms with Gasteiger partial charge >= 0.3 is 0 Å². The van der Waals surface area contributed by atoms with Crippen molar-refractivity contribution in [2.75, 3.05) is 20.1 Å². The Morgan fingerprint density at radius 2 is 2.11 bits per heavy atom. The van der Waals surface area contributed by atoms with Crippen LogP contribution in [0.5, 0.6) is 0 Å². The molecule has 0 fully saturated rings. The first-order chi connectivity index (χ1) is 8.68. The zero-order valence-electron chi connectivity index (χ0n) is 11.9. The number of nitrogens with one attached hydrogen (secondary N) is 1. The summed E-state index contributed by atoms with van der Waals surface area (Å²) in [5.74, 6) is 0.784. The third-order valence-corrected chi connectivity index (χ3v) is 3.92. The van der Waals surface area contributed by atoms with E-state index in [2.05, 4.69) is 55.4 Å². The minimum atomic E-state index is 0.579. The topological polar surface area (TPSA) is 15.3 Å². The SMILES string of the molecule is CC(C)CCN(C)C1CCNCc2ccccc21. The predicted octanol–water partition coefficient (Wildman–Crippen LogP) is 3.20. The van der Waals surface area contributed by atoms with Gasteiger partial charge in [0.05, 0.1) is 0 Å². The fourth-order valence-electron chi connectivity index (χ4n) is 2.71. The van der Waals surface area contributed by atoms with Crippen molar-refractivity contribution >= 4 is 0 Å². The van der Waals surface area contributed by atoms with E-state index in [0.29, 0.717) is 6.04 Å². The summed E-state index contributed by atoms with van der Waals surface area (Å²) in [6, 6.07) is 9.47. The molecule has 1 atom stereocenters. The zero-order valence-corrected chi connectivity index (χ0v) is 11.9. The molecule has 18 heavy (non-hydrogen) atoms. The second kappa shape index (κ2) is 6.35. The monoisotopic (exact) mass is 246 g/mol. The fourth-order valence-corrected chi connectivity index (χ4v) is 2.71. The first-order valence-corrected chi connectivity index (χ1v) is 7.17. The van der Waals surface area contributed by atoms with Crippen LogP contribution in [0.4, 0.5) is 0 Å². The molecular formula is C16H26N2. The highest BCUT2D eigenvalue weighted by atomic mass is 15.1. The maximum absolute atomic E-state index is 3.53. The lowest BCUT2D eigenvalue weighted by Crippen LogP contribution is -2.27. The Labute approximate surface area is 111 Å². The Morgan fingerprint density at radius 3 is 2.89 bits per heavy atom. The van der Waals surface area contributed by atoms with Crippen LogP contribution in [0, 0.1) is 5.92 Å². The molecule has 100 valence electrons. The van der Waals surface area contributed by atoms with Gasteiger partial charge in [0.1, 0.15) is 0 Å². The van der Waals surface area contributed by atoms with E-state index in [1.165, 1.54) is 30.5 Å². The molecule has 0 saturated heterocycles. The molecule has 0 aliphatic carbocycles. The number of nitrogens with zero attached hydrogens (tertiary/aromatic N) is 1. The molecule has 0 aromatic heterocycles. The molecular weight excluding hydrogens is 220 g/mol. The fraction of sp³-hybridized carbons (Fsp3) is 0.625. The van der Waals surface area contributed by atoms with E-state index in [9.17, 15) is 0 Å². The molecule has 1 aliphatic rings. The summed E-state index contributed by atoms with van der Waals surface area (Å²) in [6.45, 7) is 7.93. The van der Waals surface area contributed by atoms with Crippen LogP contribution in [0.2, 0.25) is 0 Å². The summed E-state index contributed by atoms with van der Waals surface area (Å²) in [5.41, 5.74) is 2.99. The van der Waals surface area contributed by atoms with E-state index in [1.54, 1.807) is 0 Å². The van der Waals surface area contributed by atoms with E-state index in [1.807, 2.05) is 0 Å². The Kier molecular flexibility index (Phi) is 4.79. The van der Waals surface area contributed by atoms with Crippen molar-refractivity contribution in [1.29, 1.82) is 0 Å². The average molecular weight is 246 g/mol. The Morgan fingerprint density at radius 1 is 1.33 bits per heavy atom. The van der Waals surface area contributed by atoms with E-state index >= 15 is 0 Å². The van der Waals surface area contributed by atoms with Crippen molar-refractivity contribution in [2.24, 2.45) is 5.92 Å². The van der Waals surface area contributed by atoms with Gasteiger partial charge in [-0.1, -0.05) is 38.1 Å². The van der Waals surface area contributed by atoms with Crippen LogP contribution in [0.1, 0.15) is 43.9 Å². The van der Waals surface area contributed by atoms with Gasteiger partial charge in [0.2, 0.25) is 0 Å². The molecule has 0 amide bonds. The van der Waals surface area contributed by atoms with Crippen LogP contribution in [-0.2, 0) is 6.54 Å². The highest BCUT2D eigenvalue weighted by molar-refractivity contribution is 5.31. The highest BCUT2D eigenvalue weighted by Gasteiger charge is 2.21. The maximum atomic E-state index is 3.53. The number of fused-ring (bicyclic) bond motifs is 1. The minimum Gasteiger partial charge on any atom is -0.313 e. The third kappa shape index (κ3) is 3.33. The van der Waals surface area contributed by atoms with Crippen LogP contribution in [0.3, 0.4) is 0 Å². The van der Waals surface area contributed by atoms with Crippen LogP contribution < -0.4 is 5.32 Å². The van der Waals surface area contributed by atoms with Crippen molar-refractivity contribution in [3.63, 3.8) is 0 Å². The molecule has 1 aliphatic heterocycles. The average Bonchev–Trinajstić information content (AvgIpc) is 2.58. The minimum absolute atomic E-state index is 0.579. The highest BCUT2D eigenvalue weighted by Crippen LogP contribution is 2.28. The van der Waals surface area contributed by atoms with E-state index in [4.69, 9.17) is 0 Å². The van der Waals surface area contributed by atoms with Crippen LogP contribution in [0.25, 0.3) is 0 Å². The maximum Gasteiger partial charge on any atom is 0.0360 e. The molecule has 0 radical (unpaired) electrons. The van der Waals surface area contributed by atoms with E-state index in [-0.39, 0.29) is 0 Å². The lowest BCUT2D eigenvalue weighted by molar-refractivity contribution is 0.222. The van der Waals surface area contributed by atoms with E-state index in [0.717, 1.165) is 19.0 Å². The molecule has 0 bridgehead atoms. The number of rotatable bonds is 4. The first-order valence-electron chi connectivity index (χ1n) is 7.17. The molecule has 2 heteroatoms. The predicted molar refractivity (Wildman–Crippen MR) is 77.6 cm³/mol. The van der Waals surface area contributed by atoms with Gasteiger partial charge < -0.3 is 5.32 Å². The molecule has 1 unspecified atom stereocenters. The lowest BCUT2D eigenvalue weighted by Gasteiger charge is -2.29. The summed E-state index contributed by atoms with van der Waals surface area (Å²) in [7, 11) is 2.27. The summed E-state index contributed by atoms with van der Waals surface area (Å²) in [4.78, 5) is 2.53. The quantitative estimate of drug-likeness (QED) is 0.877. The zero-order chi connectivity index (χ0) is 13.0. The van der Waals surface area contributed by atoms with Gasteiger partial charge in [-0.25, -0.2) is 0 Å². The molecule has 0 spiro atoms. The van der Waals surface area contributed by atoms with Crippen LogP contribution >= 0.6 is 0 Å². The molecule has 1 N–H and O–H groups in total. The lowest BCUT2D eigenvalue weighted by atomic mass is 9.97. The normalized spacial score (nSPS) is 19.9. The van der Waals surface area contributed by atoms with Gasteiger partial charge in [0.15, 0.2) is 0 Å². The summed E-state index contributed by atoms with van der Waals surface area (Å²) in [6.07, 6.45) is 2.49. The van der Waals surface area contributed by atoms with E-state index < -0.39 is 0 Å². The van der Waals surface area contributed by atoms with Crippen molar-refractivity contribution in [1.82, 2.24) is 10.2 Å².